The number of rotatable bonds is 8. The third-order valence-electron chi connectivity index (χ3n) is 2.91. The molecule has 0 saturated heterocycles. The Balaban J connectivity index is 2.67. The number of sulfone groups is 1. The molecule has 0 aliphatic carbocycles. The van der Waals surface area contributed by atoms with E-state index >= 15 is 0 Å². The molecule has 0 radical (unpaired) electrons. The molecule has 1 aromatic rings. The standard InChI is InChI=1S/C14H18FNO5S/c1-22(20,21)8-2-3-13(17)16-12(9-14(18)19)10-4-6-11(15)7-5-10/h4-7,12H,2-3,8-9H2,1H3,(H,16,17)(H,18,19). The number of nitrogens with one attached hydrogen (secondary N) is 1. The van der Waals surface area contributed by atoms with Gasteiger partial charge in [-0.3, -0.25) is 9.59 Å². The van der Waals surface area contributed by atoms with Crippen LogP contribution in [-0.4, -0.2) is 37.4 Å². The zero-order valence-corrected chi connectivity index (χ0v) is 12.9. The Labute approximate surface area is 128 Å². The Bertz CT molecular complexity index is 627. The molecule has 1 unspecified atom stereocenters. The van der Waals surface area contributed by atoms with Gasteiger partial charge in [0.2, 0.25) is 5.91 Å². The van der Waals surface area contributed by atoms with Gasteiger partial charge in [-0.15, -0.1) is 0 Å². The quantitative estimate of drug-likeness (QED) is 0.747. The second kappa shape index (κ2) is 7.88. The summed E-state index contributed by atoms with van der Waals surface area (Å²) in [6.07, 6.45) is 0.873. The van der Waals surface area contributed by atoms with Crippen molar-refractivity contribution in [3.63, 3.8) is 0 Å². The Hall–Kier alpha value is -1.96. The van der Waals surface area contributed by atoms with E-state index in [2.05, 4.69) is 5.32 Å². The van der Waals surface area contributed by atoms with E-state index in [0.29, 0.717) is 5.56 Å². The minimum atomic E-state index is -3.14. The van der Waals surface area contributed by atoms with Crippen molar-refractivity contribution < 1.29 is 27.5 Å². The Morgan fingerprint density at radius 2 is 1.86 bits per heavy atom. The fourth-order valence-corrected chi connectivity index (χ4v) is 2.55. The van der Waals surface area contributed by atoms with E-state index < -0.39 is 33.6 Å². The maximum atomic E-state index is 12.9. The number of carbonyl (C=O) groups excluding carboxylic acids is 1. The van der Waals surface area contributed by atoms with Crippen molar-refractivity contribution in [2.45, 2.75) is 25.3 Å². The molecule has 122 valence electrons. The largest absolute Gasteiger partial charge is 0.481 e. The van der Waals surface area contributed by atoms with Crippen molar-refractivity contribution >= 4 is 21.7 Å². The average molecular weight is 331 g/mol. The van der Waals surface area contributed by atoms with Crippen molar-refractivity contribution in [2.24, 2.45) is 0 Å². The van der Waals surface area contributed by atoms with Crippen LogP contribution in [0.2, 0.25) is 0 Å². The number of aliphatic carboxylic acids is 1. The molecule has 8 heteroatoms. The number of hydrogen-bond acceptors (Lipinski definition) is 4. The summed E-state index contributed by atoms with van der Waals surface area (Å²) in [6, 6.07) is 4.38. The Kier molecular flexibility index (Phi) is 6.48. The molecule has 0 spiro atoms. The zero-order valence-electron chi connectivity index (χ0n) is 12.1. The lowest BCUT2D eigenvalue weighted by molar-refractivity contribution is -0.137. The van der Waals surface area contributed by atoms with Gasteiger partial charge in [-0.25, -0.2) is 12.8 Å². The van der Waals surface area contributed by atoms with Gasteiger partial charge >= 0.3 is 5.97 Å². The second-order valence-electron chi connectivity index (χ2n) is 5.00. The van der Waals surface area contributed by atoms with E-state index in [9.17, 15) is 22.4 Å². The smallest absolute Gasteiger partial charge is 0.305 e. The molecule has 1 rings (SSSR count). The molecule has 0 aliphatic rings. The van der Waals surface area contributed by atoms with Crippen LogP contribution in [-0.2, 0) is 19.4 Å². The number of benzene rings is 1. The van der Waals surface area contributed by atoms with E-state index in [1.165, 1.54) is 24.3 Å². The molecule has 0 heterocycles. The van der Waals surface area contributed by atoms with E-state index in [1.54, 1.807) is 0 Å². The lowest BCUT2D eigenvalue weighted by Gasteiger charge is -2.17. The average Bonchev–Trinajstić information content (AvgIpc) is 2.36. The molecule has 22 heavy (non-hydrogen) atoms. The van der Waals surface area contributed by atoms with Crippen LogP contribution in [0, 0.1) is 5.82 Å². The molecule has 0 aromatic heterocycles. The molecule has 0 bridgehead atoms. The minimum Gasteiger partial charge on any atom is -0.481 e. The second-order valence-corrected chi connectivity index (χ2v) is 7.26. The first-order valence-corrected chi connectivity index (χ1v) is 8.68. The van der Waals surface area contributed by atoms with Gasteiger partial charge in [-0.05, 0) is 24.1 Å². The molecule has 1 aromatic carbocycles. The summed E-state index contributed by atoms with van der Waals surface area (Å²) in [7, 11) is -3.14. The van der Waals surface area contributed by atoms with Gasteiger partial charge in [0.05, 0.1) is 18.2 Å². The van der Waals surface area contributed by atoms with Crippen LogP contribution in [0.4, 0.5) is 4.39 Å². The van der Waals surface area contributed by atoms with Crippen LogP contribution in [0.25, 0.3) is 0 Å². The highest BCUT2D eigenvalue weighted by Gasteiger charge is 2.18. The van der Waals surface area contributed by atoms with E-state index in [1.807, 2.05) is 0 Å². The van der Waals surface area contributed by atoms with Gasteiger partial charge in [-0.2, -0.15) is 0 Å². The maximum Gasteiger partial charge on any atom is 0.305 e. The topological polar surface area (TPSA) is 101 Å². The lowest BCUT2D eigenvalue weighted by atomic mass is 10.0. The van der Waals surface area contributed by atoms with Crippen LogP contribution in [0.3, 0.4) is 0 Å². The summed E-state index contributed by atoms with van der Waals surface area (Å²) >= 11 is 0. The van der Waals surface area contributed by atoms with Gasteiger partial charge in [0.25, 0.3) is 0 Å². The molecule has 0 saturated carbocycles. The fraction of sp³-hybridized carbons (Fsp3) is 0.429. The first-order valence-electron chi connectivity index (χ1n) is 6.62. The van der Waals surface area contributed by atoms with Crippen molar-refractivity contribution in [3.8, 4) is 0 Å². The van der Waals surface area contributed by atoms with Crippen LogP contribution in [0.15, 0.2) is 24.3 Å². The minimum absolute atomic E-state index is 0.0234. The first kappa shape index (κ1) is 18.1. The predicted molar refractivity (Wildman–Crippen MR) is 78.5 cm³/mol. The Morgan fingerprint density at radius 1 is 1.27 bits per heavy atom. The molecule has 2 N–H and O–H groups in total. The molecule has 0 fully saturated rings. The summed E-state index contributed by atoms with van der Waals surface area (Å²) < 4.78 is 34.9. The van der Waals surface area contributed by atoms with E-state index in [0.717, 1.165) is 6.26 Å². The number of carbonyl (C=O) groups is 2. The third kappa shape index (κ3) is 7.16. The number of hydrogen-bond donors (Lipinski definition) is 2. The van der Waals surface area contributed by atoms with Crippen LogP contribution in [0.5, 0.6) is 0 Å². The fourth-order valence-electron chi connectivity index (χ4n) is 1.88. The van der Waals surface area contributed by atoms with Crippen molar-refractivity contribution in [1.29, 1.82) is 0 Å². The van der Waals surface area contributed by atoms with Gasteiger partial charge < -0.3 is 10.4 Å². The van der Waals surface area contributed by atoms with Crippen LogP contribution < -0.4 is 5.32 Å². The highest BCUT2D eigenvalue weighted by atomic mass is 32.2. The number of halogens is 1. The SMILES string of the molecule is CS(=O)(=O)CCCC(=O)NC(CC(=O)O)c1ccc(F)cc1. The number of carboxylic acids is 1. The molecule has 1 amide bonds. The molecular weight excluding hydrogens is 313 g/mol. The summed E-state index contributed by atoms with van der Waals surface area (Å²) in [5, 5.41) is 11.4. The molecular formula is C14H18FNO5S. The van der Waals surface area contributed by atoms with Crippen molar-refractivity contribution in [3.05, 3.63) is 35.6 Å². The van der Waals surface area contributed by atoms with Crippen LogP contribution in [0.1, 0.15) is 30.9 Å². The normalized spacial score (nSPS) is 12.6. The van der Waals surface area contributed by atoms with Gasteiger partial charge in [-0.1, -0.05) is 12.1 Å². The van der Waals surface area contributed by atoms with Gasteiger partial charge in [0.15, 0.2) is 0 Å². The summed E-state index contributed by atoms with van der Waals surface area (Å²) in [6.45, 7) is 0. The summed E-state index contributed by atoms with van der Waals surface area (Å²) in [5.74, 6) is -2.12. The van der Waals surface area contributed by atoms with Crippen molar-refractivity contribution in [2.75, 3.05) is 12.0 Å². The van der Waals surface area contributed by atoms with Crippen molar-refractivity contribution in [1.82, 2.24) is 5.32 Å². The molecule has 0 aliphatic heterocycles. The first-order chi connectivity index (χ1) is 10.2. The predicted octanol–water partition coefficient (Wildman–Crippen LogP) is 1.28. The lowest BCUT2D eigenvalue weighted by Crippen LogP contribution is -2.30. The monoisotopic (exact) mass is 331 g/mol. The van der Waals surface area contributed by atoms with E-state index in [-0.39, 0.29) is 25.0 Å². The van der Waals surface area contributed by atoms with Crippen LogP contribution >= 0.6 is 0 Å². The molecule has 6 nitrogen and oxygen atoms in total. The third-order valence-corrected chi connectivity index (χ3v) is 3.94. The summed E-state index contributed by atoms with van der Waals surface area (Å²) in [5.41, 5.74) is 0.472. The number of amides is 1. The summed E-state index contributed by atoms with van der Waals surface area (Å²) in [4.78, 5) is 22.7. The Morgan fingerprint density at radius 3 is 2.36 bits per heavy atom. The van der Waals surface area contributed by atoms with Gasteiger partial charge in [0.1, 0.15) is 15.7 Å². The number of carboxylic acid groups (broad SMARTS) is 1. The maximum absolute atomic E-state index is 12.9. The highest BCUT2D eigenvalue weighted by molar-refractivity contribution is 7.90. The zero-order chi connectivity index (χ0) is 16.8. The molecule has 1 atom stereocenters. The van der Waals surface area contributed by atoms with Gasteiger partial charge in [0, 0.05) is 12.7 Å². The highest BCUT2D eigenvalue weighted by Crippen LogP contribution is 2.17. The van der Waals surface area contributed by atoms with E-state index in [4.69, 9.17) is 5.11 Å².